The maximum atomic E-state index is 10.2. The summed E-state index contributed by atoms with van der Waals surface area (Å²) in [5.41, 5.74) is 2.59. The highest BCUT2D eigenvalue weighted by Gasteiger charge is 2.14. The molecular weight excluding hydrogens is 278 g/mol. The van der Waals surface area contributed by atoms with Crippen LogP contribution >= 0.6 is 0 Å². The second kappa shape index (κ2) is 10.7. The second-order valence-corrected chi connectivity index (χ2v) is 6.04. The molecule has 4 heteroatoms. The minimum atomic E-state index is -0.464. The van der Waals surface area contributed by atoms with Crippen LogP contribution in [0.4, 0.5) is 0 Å². The number of nitrogens with zero attached hydrogens (tertiary/aromatic N) is 1. The molecule has 0 radical (unpaired) electrons. The lowest BCUT2D eigenvalue weighted by Gasteiger charge is -2.26. The zero-order chi connectivity index (χ0) is 16.4. The first-order chi connectivity index (χ1) is 10.5. The van der Waals surface area contributed by atoms with E-state index in [0.717, 1.165) is 26.1 Å². The predicted octanol–water partition coefficient (Wildman–Crippen LogP) is 2.62. The lowest BCUT2D eigenvalue weighted by atomic mass is 10.1. The molecular formula is C18H31NO3. The molecule has 4 nitrogen and oxygen atoms in total. The van der Waals surface area contributed by atoms with Gasteiger partial charge in [0.15, 0.2) is 0 Å². The highest BCUT2D eigenvalue weighted by molar-refractivity contribution is 5.25. The summed E-state index contributed by atoms with van der Waals surface area (Å²) < 4.78 is 10.6. The molecule has 0 aromatic heterocycles. The van der Waals surface area contributed by atoms with E-state index in [9.17, 15) is 5.11 Å². The molecule has 0 fully saturated rings. The highest BCUT2D eigenvalue weighted by Crippen LogP contribution is 2.11. The molecule has 0 aliphatic rings. The number of hydrogen-bond acceptors (Lipinski definition) is 4. The molecule has 1 N–H and O–H groups in total. The molecule has 0 saturated carbocycles. The van der Waals surface area contributed by atoms with Crippen molar-refractivity contribution in [2.24, 2.45) is 0 Å². The number of aliphatic hydroxyl groups is 1. The van der Waals surface area contributed by atoms with Gasteiger partial charge in [0.1, 0.15) is 0 Å². The summed E-state index contributed by atoms with van der Waals surface area (Å²) in [4.78, 5) is 2.27. The van der Waals surface area contributed by atoms with E-state index in [0.29, 0.717) is 13.2 Å². The van der Waals surface area contributed by atoms with E-state index in [4.69, 9.17) is 9.47 Å². The average molecular weight is 309 g/mol. The Morgan fingerprint density at radius 1 is 1.23 bits per heavy atom. The third kappa shape index (κ3) is 7.90. The van der Waals surface area contributed by atoms with Crippen LogP contribution in [0.5, 0.6) is 0 Å². The van der Waals surface area contributed by atoms with Crippen LogP contribution in [0.25, 0.3) is 0 Å². The van der Waals surface area contributed by atoms with E-state index in [2.05, 4.69) is 36.1 Å². The monoisotopic (exact) mass is 309 g/mol. The first kappa shape index (κ1) is 19.1. The van der Waals surface area contributed by atoms with Crippen LogP contribution < -0.4 is 0 Å². The Hall–Kier alpha value is -0.940. The van der Waals surface area contributed by atoms with Crippen molar-refractivity contribution in [3.63, 3.8) is 0 Å². The standard InChI is InChI=1S/C18H31NO3/c1-15(2)22-14-18(20)13-19(10-7-11-21-4)12-17-9-6-5-8-16(17)3/h5-6,8-9,15,18,20H,7,10-14H2,1-4H3/t18-/m0/s1. The van der Waals surface area contributed by atoms with Gasteiger partial charge in [0.25, 0.3) is 0 Å². The molecule has 1 aromatic carbocycles. The average Bonchev–Trinajstić information content (AvgIpc) is 2.47. The number of rotatable bonds is 11. The molecule has 0 spiro atoms. The fourth-order valence-corrected chi connectivity index (χ4v) is 2.35. The van der Waals surface area contributed by atoms with Crippen LogP contribution in [0.15, 0.2) is 24.3 Å². The van der Waals surface area contributed by atoms with E-state index in [1.54, 1.807) is 7.11 Å². The van der Waals surface area contributed by atoms with Crippen LogP contribution in [0, 0.1) is 6.92 Å². The van der Waals surface area contributed by atoms with Crippen LogP contribution in [-0.2, 0) is 16.0 Å². The zero-order valence-electron chi connectivity index (χ0n) is 14.4. The Labute approximate surface area is 135 Å². The van der Waals surface area contributed by atoms with E-state index in [1.165, 1.54) is 11.1 Å². The number of ether oxygens (including phenoxy) is 2. The zero-order valence-corrected chi connectivity index (χ0v) is 14.4. The summed E-state index contributed by atoms with van der Waals surface area (Å²) >= 11 is 0. The van der Waals surface area contributed by atoms with Gasteiger partial charge in [-0.2, -0.15) is 0 Å². The molecule has 1 atom stereocenters. The number of methoxy groups -OCH3 is 1. The van der Waals surface area contributed by atoms with Gasteiger partial charge < -0.3 is 14.6 Å². The van der Waals surface area contributed by atoms with Gasteiger partial charge in [0.2, 0.25) is 0 Å². The van der Waals surface area contributed by atoms with E-state index in [1.807, 2.05) is 13.8 Å². The molecule has 22 heavy (non-hydrogen) atoms. The largest absolute Gasteiger partial charge is 0.389 e. The van der Waals surface area contributed by atoms with Crippen LogP contribution in [0.2, 0.25) is 0 Å². The van der Waals surface area contributed by atoms with E-state index < -0.39 is 6.10 Å². The summed E-state index contributed by atoms with van der Waals surface area (Å²) in [6, 6.07) is 8.39. The quantitative estimate of drug-likeness (QED) is 0.638. The van der Waals surface area contributed by atoms with Crippen molar-refractivity contribution in [1.29, 1.82) is 0 Å². The van der Waals surface area contributed by atoms with Crippen molar-refractivity contribution in [2.75, 3.05) is 33.4 Å². The number of aliphatic hydroxyl groups excluding tert-OH is 1. The molecule has 0 aliphatic heterocycles. The fourth-order valence-electron chi connectivity index (χ4n) is 2.35. The van der Waals surface area contributed by atoms with Crippen molar-refractivity contribution in [2.45, 2.75) is 45.9 Å². The lowest BCUT2D eigenvalue weighted by molar-refractivity contribution is -0.0103. The summed E-state index contributed by atoms with van der Waals surface area (Å²) in [6.07, 6.45) is 0.641. The Balaban J connectivity index is 2.57. The SMILES string of the molecule is COCCCN(Cc1ccccc1C)C[C@H](O)COC(C)C. The van der Waals surface area contributed by atoms with Gasteiger partial charge in [-0.05, 0) is 38.3 Å². The maximum absolute atomic E-state index is 10.2. The Bertz CT molecular complexity index is 409. The normalized spacial score (nSPS) is 13.0. The summed E-state index contributed by atoms with van der Waals surface area (Å²) in [6.45, 7) is 9.57. The van der Waals surface area contributed by atoms with Gasteiger partial charge in [-0.3, -0.25) is 4.90 Å². The smallest absolute Gasteiger partial charge is 0.0900 e. The Morgan fingerprint density at radius 3 is 2.59 bits per heavy atom. The Kier molecular flexibility index (Phi) is 9.32. The first-order valence-corrected chi connectivity index (χ1v) is 8.08. The molecule has 0 aliphatic carbocycles. The van der Waals surface area contributed by atoms with Crippen molar-refractivity contribution in [3.05, 3.63) is 35.4 Å². The molecule has 1 aromatic rings. The number of benzene rings is 1. The molecule has 1 rings (SSSR count). The van der Waals surface area contributed by atoms with Gasteiger partial charge in [0, 0.05) is 33.4 Å². The van der Waals surface area contributed by atoms with Gasteiger partial charge >= 0.3 is 0 Å². The van der Waals surface area contributed by atoms with Gasteiger partial charge in [-0.15, -0.1) is 0 Å². The number of hydrogen-bond donors (Lipinski definition) is 1. The highest BCUT2D eigenvalue weighted by atomic mass is 16.5. The van der Waals surface area contributed by atoms with E-state index >= 15 is 0 Å². The minimum Gasteiger partial charge on any atom is -0.389 e. The third-order valence-electron chi connectivity index (χ3n) is 3.57. The van der Waals surface area contributed by atoms with Crippen LogP contribution in [-0.4, -0.2) is 55.6 Å². The summed E-state index contributed by atoms with van der Waals surface area (Å²) in [5.74, 6) is 0. The maximum Gasteiger partial charge on any atom is 0.0900 e. The predicted molar refractivity (Wildman–Crippen MR) is 90.0 cm³/mol. The molecule has 0 unspecified atom stereocenters. The van der Waals surface area contributed by atoms with Gasteiger partial charge in [0.05, 0.1) is 18.8 Å². The molecule has 0 bridgehead atoms. The number of aryl methyl sites for hydroxylation is 1. The summed E-state index contributed by atoms with van der Waals surface area (Å²) in [7, 11) is 1.72. The Morgan fingerprint density at radius 2 is 1.95 bits per heavy atom. The summed E-state index contributed by atoms with van der Waals surface area (Å²) in [5, 5.41) is 10.2. The molecule has 0 amide bonds. The van der Waals surface area contributed by atoms with Crippen molar-refractivity contribution < 1.29 is 14.6 Å². The topological polar surface area (TPSA) is 41.9 Å². The van der Waals surface area contributed by atoms with Crippen molar-refractivity contribution >= 4 is 0 Å². The molecule has 0 heterocycles. The third-order valence-corrected chi connectivity index (χ3v) is 3.57. The van der Waals surface area contributed by atoms with E-state index in [-0.39, 0.29) is 6.10 Å². The first-order valence-electron chi connectivity index (χ1n) is 8.08. The van der Waals surface area contributed by atoms with Crippen molar-refractivity contribution in [3.8, 4) is 0 Å². The van der Waals surface area contributed by atoms with Gasteiger partial charge in [-0.25, -0.2) is 0 Å². The minimum absolute atomic E-state index is 0.146. The molecule has 0 saturated heterocycles. The van der Waals surface area contributed by atoms with Crippen LogP contribution in [0.3, 0.4) is 0 Å². The fraction of sp³-hybridized carbons (Fsp3) is 0.667. The molecule has 126 valence electrons. The second-order valence-electron chi connectivity index (χ2n) is 6.04. The lowest BCUT2D eigenvalue weighted by Crippen LogP contribution is -2.36. The van der Waals surface area contributed by atoms with Gasteiger partial charge in [-0.1, -0.05) is 24.3 Å². The van der Waals surface area contributed by atoms with Crippen LogP contribution in [0.1, 0.15) is 31.4 Å². The van der Waals surface area contributed by atoms with Crippen molar-refractivity contribution in [1.82, 2.24) is 4.90 Å².